The maximum Gasteiger partial charge on any atom is 0.164 e. The summed E-state index contributed by atoms with van der Waals surface area (Å²) in [7, 11) is 0. The van der Waals surface area contributed by atoms with E-state index in [2.05, 4.69) is 59.8 Å². The zero-order valence-electron chi connectivity index (χ0n) is 13.1. The van der Waals surface area contributed by atoms with E-state index >= 15 is 0 Å². The second kappa shape index (κ2) is 5.26. The Labute approximate surface area is 126 Å². The predicted octanol–water partition coefficient (Wildman–Crippen LogP) is 2.76. The summed E-state index contributed by atoms with van der Waals surface area (Å²) in [6, 6.07) is 8.54. The average Bonchev–Trinajstić information content (AvgIpc) is 2.89. The van der Waals surface area contributed by atoms with E-state index in [1.807, 2.05) is 0 Å². The van der Waals surface area contributed by atoms with Gasteiger partial charge < -0.3 is 10.3 Å². The Morgan fingerprint density at radius 2 is 2.00 bits per heavy atom. The summed E-state index contributed by atoms with van der Waals surface area (Å²) < 4.78 is 2.27. The first-order valence-electron chi connectivity index (χ1n) is 7.72. The van der Waals surface area contributed by atoms with Gasteiger partial charge in [-0.1, -0.05) is 45.0 Å². The van der Waals surface area contributed by atoms with Crippen LogP contribution in [-0.4, -0.2) is 21.3 Å². The molecule has 2 aromatic rings. The van der Waals surface area contributed by atoms with Crippen molar-refractivity contribution in [3.05, 3.63) is 35.7 Å². The van der Waals surface area contributed by atoms with Gasteiger partial charge in [0.1, 0.15) is 5.82 Å². The van der Waals surface area contributed by atoms with Crippen LogP contribution in [-0.2, 0) is 18.4 Å². The molecular weight excluding hydrogens is 260 g/mol. The molecule has 1 aliphatic rings. The molecule has 3 rings (SSSR count). The van der Waals surface area contributed by atoms with E-state index in [0.717, 1.165) is 37.6 Å². The molecule has 1 aromatic heterocycles. The fourth-order valence-corrected chi connectivity index (χ4v) is 3.13. The summed E-state index contributed by atoms with van der Waals surface area (Å²) in [6.07, 6.45) is 2.06. The van der Waals surface area contributed by atoms with Gasteiger partial charge in [-0.3, -0.25) is 0 Å². The van der Waals surface area contributed by atoms with Crippen molar-refractivity contribution in [2.75, 3.05) is 6.54 Å². The number of hydrogen-bond donors (Lipinski definition) is 1. The van der Waals surface area contributed by atoms with Gasteiger partial charge in [0.25, 0.3) is 0 Å². The summed E-state index contributed by atoms with van der Waals surface area (Å²) >= 11 is 0. The normalized spacial score (nSPS) is 18.6. The molecule has 0 saturated carbocycles. The lowest BCUT2D eigenvalue weighted by Crippen LogP contribution is -2.26. The van der Waals surface area contributed by atoms with Gasteiger partial charge in [0, 0.05) is 18.5 Å². The van der Waals surface area contributed by atoms with E-state index < -0.39 is 0 Å². The Hall–Kier alpha value is -1.68. The van der Waals surface area contributed by atoms with Gasteiger partial charge in [0.05, 0.1) is 0 Å². The molecule has 2 N–H and O–H groups in total. The van der Waals surface area contributed by atoms with Crippen molar-refractivity contribution in [2.24, 2.45) is 11.7 Å². The molecule has 4 nitrogen and oxygen atoms in total. The molecule has 2 heterocycles. The Morgan fingerprint density at radius 1 is 1.24 bits per heavy atom. The standard InChI is InChI=1S/C17H24N4/c1-17(2,3)14-7-5-4-6-13(14)16-20-19-15-10-12(11-18)8-9-21(15)16/h4-7,12H,8-11,18H2,1-3H3. The van der Waals surface area contributed by atoms with Gasteiger partial charge in [-0.2, -0.15) is 0 Å². The number of benzene rings is 1. The molecule has 1 unspecified atom stereocenters. The van der Waals surface area contributed by atoms with Gasteiger partial charge in [0.2, 0.25) is 0 Å². The molecule has 0 amide bonds. The SMILES string of the molecule is CC(C)(C)c1ccccc1-c1nnc2n1CCC(CN)C2. The van der Waals surface area contributed by atoms with Crippen molar-refractivity contribution in [3.63, 3.8) is 0 Å². The highest BCUT2D eigenvalue weighted by Gasteiger charge is 2.26. The summed E-state index contributed by atoms with van der Waals surface area (Å²) in [5.74, 6) is 2.63. The van der Waals surface area contributed by atoms with Crippen LogP contribution in [0.4, 0.5) is 0 Å². The van der Waals surface area contributed by atoms with Crippen LogP contribution >= 0.6 is 0 Å². The zero-order valence-corrected chi connectivity index (χ0v) is 13.1. The number of nitrogens with zero attached hydrogens (tertiary/aromatic N) is 3. The molecule has 0 spiro atoms. The molecule has 0 fully saturated rings. The Bertz CT molecular complexity index is 636. The van der Waals surface area contributed by atoms with Gasteiger partial charge in [-0.25, -0.2) is 0 Å². The van der Waals surface area contributed by atoms with E-state index in [4.69, 9.17) is 5.73 Å². The van der Waals surface area contributed by atoms with Crippen molar-refractivity contribution in [3.8, 4) is 11.4 Å². The van der Waals surface area contributed by atoms with Crippen LogP contribution < -0.4 is 5.73 Å². The lowest BCUT2D eigenvalue weighted by molar-refractivity contribution is 0.391. The summed E-state index contributed by atoms with van der Waals surface area (Å²) in [4.78, 5) is 0. The van der Waals surface area contributed by atoms with Gasteiger partial charge in [-0.05, 0) is 29.9 Å². The van der Waals surface area contributed by atoms with E-state index in [9.17, 15) is 0 Å². The van der Waals surface area contributed by atoms with Crippen LogP contribution in [0.3, 0.4) is 0 Å². The second-order valence-corrected chi connectivity index (χ2v) is 6.98. The van der Waals surface area contributed by atoms with Crippen LogP contribution in [0.1, 0.15) is 38.6 Å². The topological polar surface area (TPSA) is 56.7 Å². The number of fused-ring (bicyclic) bond motifs is 1. The van der Waals surface area contributed by atoms with Crippen molar-refractivity contribution in [2.45, 2.75) is 45.6 Å². The molecule has 0 aliphatic carbocycles. The molecule has 1 atom stereocenters. The molecule has 21 heavy (non-hydrogen) atoms. The Balaban J connectivity index is 2.06. The highest BCUT2D eigenvalue weighted by Crippen LogP contribution is 2.33. The van der Waals surface area contributed by atoms with E-state index in [1.54, 1.807) is 0 Å². The molecule has 1 aromatic carbocycles. The molecule has 112 valence electrons. The lowest BCUT2D eigenvalue weighted by Gasteiger charge is -2.25. The first-order chi connectivity index (χ1) is 10.0. The van der Waals surface area contributed by atoms with Crippen LogP contribution in [0, 0.1) is 5.92 Å². The fraction of sp³-hybridized carbons (Fsp3) is 0.529. The molecule has 1 aliphatic heterocycles. The summed E-state index contributed by atoms with van der Waals surface area (Å²) in [6.45, 7) is 8.43. The maximum atomic E-state index is 5.80. The monoisotopic (exact) mass is 284 g/mol. The first-order valence-corrected chi connectivity index (χ1v) is 7.72. The minimum absolute atomic E-state index is 0.0947. The third-order valence-electron chi connectivity index (χ3n) is 4.37. The van der Waals surface area contributed by atoms with E-state index in [-0.39, 0.29) is 5.41 Å². The molecule has 0 bridgehead atoms. The van der Waals surface area contributed by atoms with E-state index in [1.165, 1.54) is 11.1 Å². The van der Waals surface area contributed by atoms with Crippen molar-refractivity contribution < 1.29 is 0 Å². The van der Waals surface area contributed by atoms with Crippen molar-refractivity contribution >= 4 is 0 Å². The van der Waals surface area contributed by atoms with Crippen LogP contribution in [0.15, 0.2) is 24.3 Å². The van der Waals surface area contributed by atoms with Crippen molar-refractivity contribution in [1.29, 1.82) is 0 Å². The maximum absolute atomic E-state index is 5.80. The summed E-state index contributed by atoms with van der Waals surface area (Å²) in [5, 5.41) is 8.89. The van der Waals surface area contributed by atoms with Crippen molar-refractivity contribution in [1.82, 2.24) is 14.8 Å². The molecular formula is C17H24N4. The van der Waals surface area contributed by atoms with E-state index in [0.29, 0.717) is 5.92 Å². The third-order valence-corrected chi connectivity index (χ3v) is 4.37. The van der Waals surface area contributed by atoms with Gasteiger partial charge >= 0.3 is 0 Å². The van der Waals surface area contributed by atoms with Gasteiger partial charge in [0.15, 0.2) is 5.82 Å². The van der Waals surface area contributed by atoms with Crippen LogP contribution in [0.2, 0.25) is 0 Å². The largest absolute Gasteiger partial charge is 0.330 e. The minimum Gasteiger partial charge on any atom is -0.330 e. The van der Waals surface area contributed by atoms with Gasteiger partial charge in [-0.15, -0.1) is 10.2 Å². The predicted molar refractivity (Wildman–Crippen MR) is 85.0 cm³/mol. The third kappa shape index (κ3) is 2.60. The molecule has 4 heteroatoms. The quantitative estimate of drug-likeness (QED) is 0.922. The minimum atomic E-state index is 0.0947. The smallest absolute Gasteiger partial charge is 0.164 e. The highest BCUT2D eigenvalue weighted by molar-refractivity contribution is 5.62. The Morgan fingerprint density at radius 3 is 2.71 bits per heavy atom. The second-order valence-electron chi connectivity index (χ2n) is 6.98. The zero-order chi connectivity index (χ0) is 15.0. The lowest BCUT2D eigenvalue weighted by atomic mass is 9.83. The van der Waals surface area contributed by atoms with Crippen LogP contribution in [0.5, 0.6) is 0 Å². The Kier molecular flexibility index (Phi) is 3.57. The van der Waals surface area contributed by atoms with Crippen LogP contribution in [0.25, 0.3) is 11.4 Å². The molecule has 0 saturated heterocycles. The fourth-order valence-electron chi connectivity index (χ4n) is 3.13. The molecule has 0 radical (unpaired) electrons. The highest BCUT2D eigenvalue weighted by atomic mass is 15.3. The number of aromatic nitrogens is 3. The number of rotatable bonds is 2. The number of nitrogens with two attached hydrogens (primary N) is 1. The average molecular weight is 284 g/mol. The summed E-state index contributed by atoms with van der Waals surface area (Å²) in [5.41, 5.74) is 8.42. The first kappa shape index (κ1) is 14.3. The number of hydrogen-bond acceptors (Lipinski definition) is 3.